The van der Waals surface area contributed by atoms with Crippen molar-refractivity contribution < 1.29 is 13.2 Å². The number of nitrogens with zero attached hydrogens (tertiary/aromatic N) is 1. The number of hydrogen-bond acceptors (Lipinski definition) is 3. The zero-order chi connectivity index (χ0) is 16.2. The quantitative estimate of drug-likeness (QED) is 0.893. The summed E-state index contributed by atoms with van der Waals surface area (Å²) in [6, 6.07) is 6.74. The third kappa shape index (κ3) is 4.13. The normalized spacial score (nSPS) is 18.5. The Kier molecular flexibility index (Phi) is 5.28. The van der Waals surface area contributed by atoms with E-state index < -0.39 is 10.0 Å². The van der Waals surface area contributed by atoms with Crippen molar-refractivity contribution in [1.82, 2.24) is 5.32 Å². The van der Waals surface area contributed by atoms with Crippen molar-refractivity contribution in [2.75, 3.05) is 21.9 Å². The predicted molar refractivity (Wildman–Crippen MR) is 88.7 cm³/mol. The zero-order valence-corrected chi connectivity index (χ0v) is 13.8. The van der Waals surface area contributed by atoms with Gasteiger partial charge in [0.1, 0.15) is 0 Å². The van der Waals surface area contributed by atoms with E-state index in [1.165, 1.54) is 4.31 Å². The van der Waals surface area contributed by atoms with Crippen LogP contribution < -0.4 is 14.9 Å². The van der Waals surface area contributed by atoms with Crippen LogP contribution in [-0.4, -0.2) is 32.8 Å². The van der Waals surface area contributed by atoms with Crippen LogP contribution >= 0.6 is 0 Å². The van der Waals surface area contributed by atoms with E-state index in [4.69, 9.17) is 0 Å². The van der Waals surface area contributed by atoms with Gasteiger partial charge in [-0.1, -0.05) is 13.0 Å². The number of nitrogens with one attached hydrogen (secondary N) is 2. The van der Waals surface area contributed by atoms with Crippen molar-refractivity contribution in [1.29, 1.82) is 0 Å². The second kappa shape index (κ2) is 7.00. The fourth-order valence-electron chi connectivity index (χ4n) is 2.31. The largest absolute Gasteiger partial charge is 0.335 e. The fourth-order valence-corrected chi connectivity index (χ4v) is 3.94. The van der Waals surface area contributed by atoms with Crippen LogP contribution in [0.3, 0.4) is 0 Å². The first-order valence-corrected chi connectivity index (χ1v) is 9.21. The molecule has 6 nitrogen and oxygen atoms in total. The van der Waals surface area contributed by atoms with Gasteiger partial charge in [-0.2, -0.15) is 0 Å². The smallest absolute Gasteiger partial charge is 0.319 e. The lowest BCUT2D eigenvalue weighted by molar-refractivity contribution is 0.249. The van der Waals surface area contributed by atoms with Crippen LogP contribution in [0.1, 0.15) is 33.1 Å². The molecule has 22 heavy (non-hydrogen) atoms. The number of amides is 2. The lowest BCUT2D eigenvalue weighted by Gasteiger charge is -2.28. The number of carbonyl (C=O) groups is 1. The van der Waals surface area contributed by atoms with Gasteiger partial charge < -0.3 is 10.6 Å². The summed E-state index contributed by atoms with van der Waals surface area (Å²) in [5, 5.41) is 5.55. The zero-order valence-electron chi connectivity index (χ0n) is 13.0. The minimum absolute atomic E-state index is 0.0886. The van der Waals surface area contributed by atoms with Gasteiger partial charge in [-0.3, -0.25) is 4.31 Å². The molecular formula is C15H23N3O3S. The first-order valence-electron chi connectivity index (χ1n) is 7.60. The lowest BCUT2D eigenvalue weighted by atomic mass is 10.2. The summed E-state index contributed by atoms with van der Waals surface area (Å²) in [6.45, 7) is 4.41. The Bertz CT molecular complexity index is 631. The van der Waals surface area contributed by atoms with E-state index in [1.807, 2.05) is 13.8 Å². The molecular weight excluding hydrogens is 302 g/mol. The van der Waals surface area contributed by atoms with E-state index in [2.05, 4.69) is 10.6 Å². The SMILES string of the molecule is CCC(C)NC(=O)Nc1cccc(N2CCCCS2(=O)=O)c1. The van der Waals surface area contributed by atoms with Gasteiger partial charge in [0, 0.05) is 18.3 Å². The average Bonchev–Trinajstić information content (AvgIpc) is 2.46. The number of hydrogen-bond donors (Lipinski definition) is 2. The minimum atomic E-state index is -3.24. The van der Waals surface area contributed by atoms with E-state index in [1.54, 1.807) is 24.3 Å². The van der Waals surface area contributed by atoms with E-state index in [-0.39, 0.29) is 17.8 Å². The highest BCUT2D eigenvalue weighted by Crippen LogP contribution is 2.25. The van der Waals surface area contributed by atoms with Gasteiger partial charge in [0.05, 0.1) is 11.4 Å². The summed E-state index contributed by atoms with van der Waals surface area (Å²) < 4.78 is 25.7. The Hall–Kier alpha value is -1.76. The topological polar surface area (TPSA) is 78.5 Å². The van der Waals surface area contributed by atoms with E-state index in [0.717, 1.165) is 12.8 Å². The first-order chi connectivity index (χ1) is 10.4. The molecule has 1 aromatic rings. The van der Waals surface area contributed by atoms with Crippen LogP contribution in [0.25, 0.3) is 0 Å². The molecule has 1 aromatic carbocycles. The summed E-state index contributed by atoms with van der Waals surface area (Å²) in [6.07, 6.45) is 2.40. The molecule has 1 aliphatic rings. The van der Waals surface area contributed by atoms with Crippen LogP contribution in [-0.2, 0) is 10.0 Å². The molecule has 0 aliphatic carbocycles. The van der Waals surface area contributed by atoms with Gasteiger partial charge in [0.15, 0.2) is 0 Å². The molecule has 1 saturated heterocycles. The Morgan fingerprint density at radius 2 is 2.14 bits per heavy atom. The minimum Gasteiger partial charge on any atom is -0.335 e. The second-order valence-electron chi connectivity index (χ2n) is 5.55. The van der Waals surface area contributed by atoms with Gasteiger partial charge in [-0.25, -0.2) is 13.2 Å². The molecule has 2 amide bonds. The van der Waals surface area contributed by atoms with Crippen molar-refractivity contribution in [2.24, 2.45) is 0 Å². The van der Waals surface area contributed by atoms with Crippen molar-refractivity contribution in [3.63, 3.8) is 0 Å². The van der Waals surface area contributed by atoms with Crippen molar-refractivity contribution in [3.05, 3.63) is 24.3 Å². The number of anilines is 2. The van der Waals surface area contributed by atoms with Crippen molar-refractivity contribution in [2.45, 2.75) is 39.2 Å². The van der Waals surface area contributed by atoms with Gasteiger partial charge in [-0.05, 0) is 44.4 Å². The molecule has 2 N–H and O–H groups in total. The number of benzene rings is 1. The molecule has 7 heteroatoms. The summed E-state index contributed by atoms with van der Waals surface area (Å²) in [5.41, 5.74) is 1.18. The van der Waals surface area contributed by atoms with Gasteiger partial charge in [-0.15, -0.1) is 0 Å². The van der Waals surface area contributed by atoms with E-state index in [9.17, 15) is 13.2 Å². The number of carbonyl (C=O) groups excluding carboxylic acids is 1. The van der Waals surface area contributed by atoms with Crippen LogP contribution in [0, 0.1) is 0 Å². The Morgan fingerprint density at radius 1 is 1.36 bits per heavy atom. The second-order valence-corrected chi connectivity index (χ2v) is 7.57. The van der Waals surface area contributed by atoms with Crippen LogP contribution in [0.5, 0.6) is 0 Å². The van der Waals surface area contributed by atoms with Gasteiger partial charge in [0.25, 0.3) is 0 Å². The molecule has 2 rings (SSSR count). The lowest BCUT2D eigenvalue weighted by Crippen LogP contribution is -2.38. The predicted octanol–water partition coefficient (Wildman–Crippen LogP) is 2.54. The maximum absolute atomic E-state index is 12.1. The first kappa shape index (κ1) is 16.6. The molecule has 122 valence electrons. The summed E-state index contributed by atoms with van der Waals surface area (Å²) in [4.78, 5) is 11.8. The molecule has 0 radical (unpaired) electrons. The van der Waals surface area contributed by atoms with Gasteiger partial charge in [0.2, 0.25) is 10.0 Å². The monoisotopic (exact) mass is 325 g/mol. The molecule has 0 spiro atoms. The molecule has 1 unspecified atom stereocenters. The van der Waals surface area contributed by atoms with Crippen LogP contribution in [0.15, 0.2) is 24.3 Å². The standard InChI is InChI=1S/C15H23N3O3S/c1-3-12(2)16-15(19)17-13-7-6-8-14(11-13)18-9-4-5-10-22(18,20)21/h6-8,11-12H,3-5,9-10H2,1-2H3,(H2,16,17,19). The molecule has 0 aromatic heterocycles. The fraction of sp³-hybridized carbons (Fsp3) is 0.533. The molecule has 0 saturated carbocycles. The van der Waals surface area contributed by atoms with Gasteiger partial charge >= 0.3 is 6.03 Å². The maximum atomic E-state index is 12.1. The Balaban J connectivity index is 2.11. The third-order valence-electron chi connectivity index (χ3n) is 3.73. The van der Waals surface area contributed by atoms with E-state index >= 15 is 0 Å². The van der Waals surface area contributed by atoms with Crippen LogP contribution in [0.2, 0.25) is 0 Å². The third-order valence-corrected chi connectivity index (χ3v) is 5.60. The van der Waals surface area contributed by atoms with Crippen molar-refractivity contribution in [3.8, 4) is 0 Å². The number of urea groups is 1. The van der Waals surface area contributed by atoms with E-state index in [0.29, 0.717) is 24.3 Å². The molecule has 1 aliphatic heterocycles. The highest BCUT2D eigenvalue weighted by atomic mass is 32.2. The summed E-state index contributed by atoms with van der Waals surface area (Å²) >= 11 is 0. The average molecular weight is 325 g/mol. The highest BCUT2D eigenvalue weighted by Gasteiger charge is 2.26. The number of rotatable bonds is 4. The molecule has 1 fully saturated rings. The maximum Gasteiger partial charge on any atom is 0.319 e. The highest BCUT2D eigenvalue weighted by molar-refractivity contribution is 7.92. The molecule has 1 atom stereocenters. The summed E-state index contributed by atoms with van der Waals surface area (Å²) in [7, 11) is -3.24. The molecule has 0 bridgehead atoms. The van der Waals surface area contributed by atoms with Crippen LogP contribution in [0.4, 0.5) is 16.2 Å². The van der Waals surface area contributed by atoms with Crippen molar-refractivity contribution >= 4 is 27.4 Å². The Morgan fingerprint density at radius 3 is 2.82 bits per heavy atom. The number of sulfonamides is 1. The Labute approximate surface area is 131 Å². The summed E-state index contributed by atoms with van der Waals surface area (Å²) in [5.74, 6) is 0.180. The molecule has 1 heterocycles.